The van der Waals surface area contributed by atoms with Gasteiger partial charge in [0.2, 0.25) is 0 Å². The monoisotopic (exact) mass is 297 g/mol. The fourth-order valence-electron chi connectivity index (χ4n) is 1.86. The molecule has 1 amide bonds. The lowest BCUT2D eigenvalue weighted by atomic mass is 9.96. The second-order valence-corrected chi connectivity index (χ2v) is 5.08. The van der Waals surface area contributed by atoms with Crippen molar-refractivity contribution in [2.24, 2.45) is 0 Å². The van der Waals surface area contributed by atoms with Crippen LogP contribution in [0.2, 0.25) is 0 Å². The molecule has 1 unspecified atom stereocenters. The maximum atomic E-state index is 12.9. The van der Waals surface area contributed by atoms with Crippen LogP contribution in [0.5, 0.6) is 0 Å². The van der Waals surface area contributed by atoms with Crippen LogP contribution in [0.15, 0.2) is 54.6 Å². The Morgan fingerprint density at radius 1 is 1.18 bits per heavy atom. The zero-order valence-electron chi connectivity index (χ0n) is 12.1. The van der Waals surface area contributed by atoms with Gasteiger partial charge in [0.05, 0.1) is 6.54 Å². The summed E-state index contributed by atoms with van der Waals surface area (Å²) in [6.45, 7) is 1.53. The van der Waals surface area contributed by atoms with Gasteiger partial charge in [-0.1, -0.05) is 36.3 Å². The molecule has 0 saturated heterocycles. The molecule has 112 valence electrons. The van der Waals surface area contributed by atoms with E-state index >= 15 is 0 Å². The summed E-state index contributed by atoms with van der Waals surface area (Å²) >= 11 is 0. The summed E-state index contributed by atoms with van der Waals surface area (Å²) < 4.78 is 12.9. The van der Waals surface area contributed by atoms with Gasteiger partial charge in [-0.15, -0.1) is 0 Å². The van der Waals surface area contributed by atoms with E-state index in [0.717, 1.165) is 5.56 Å². The van der Waals surface area contributed by atoms with Crippen LogP contribution in [0.1, 0.15) is 18.1 Å². The van der Waals surface area contributed by atoms with Crippen molar-refractivity contribution in [3.05, 3.63) is 71.5 Å². The maximum Gasteiger partial charge on any atom is 0.296 e. The van der Waals surface area contributed by atoms with Crippen molar-refractivity contribution in [2.75, 3.05) is 6.54 Å². The molecule has 0 radical (unpaired) electrons. The van der Waals surface area contributed by atoms with Crippen LogP contribution >= 0.6 is 0 Å². The fraction of sp³-hybridized carbons (Fsp3) is 0.167. The number of halogens is 1. The van der Waals surface area contributed by atoms with E-state index < -0.39 is 11.5 Å². The van der Waals surface area contributed by atoms with E-state index in [2.05, 4.69) is 17.2 Å². The number of hydrogen-bond acceptors (Lipinski definition) is 2. The minimum absolute atomic E-state index is 0.0130. The molecule has 0 aliphatic heterocycles. The second-order valence-electron chi connectivity index (χ2n) is 5.08. The summed E-state index contributed by atoms with van der Waals surface area (Å²) in [5.74, 6) is 4.34. The summed E-state index contributed by atoms with van der Waals surface area (Å²) in [5.41, 5.74) is -0.0363. The number of carbonyl (C=O) groups excluding carboxylic acids is 1. The third-order valence-corrected chi connectivity index (χ3v) is 3.15. The van der Waals surface area contributed by atoms with E-state index in [0.29, 0.717) is 5.56 Å². The first-order chi connectivity index (χ1) is 10.5. The summed E-state index contributed by atoms with van der Waals surface area (Å²) in [7, 11) is 0. The van der Waals surface area contributed by atoms with Gasteiger partial charge >= 0.3 is 0 Å². The number of carbonyl (C=O) groups is 1. The number of rotatable bonds is 3. The zero-order valence-corrected chi connectivity index (χ0v) is 12.1. The number of hydrogen-bond donors (Lipinski definition) is 2. The van der Waals surface area contributed by atoms with E-state index in [1.165, 1.54) is 24.3 Å². The average molecular weight is 297 g/mol. The second kappa shape index (κ2) is 6.88. The van der Waals surface area contributed by atoms with E-state index in [1.807, 2.05) is 18.2 Å². The largest absolute Gasteiger partial charge is 0.384 e. The Bertz CT molecular complexity index is 697. The molecule has 2 N–H and O–H groups in total. The summed E-state index contributed by atoms with van der Waals surface area (Å²) in [5, 5.41) is 12.9. The Hall–Kier alpha value is -2.64. The molecule has 0 aliphatic rings. The molecule has 2 rings (SSSR count). The third-order valence-electron chi connectivity index (χ3n) is 3.15. The highest BCUT2D eigenvalue weighted by Crippen LogP contribution is 2.19. The summed E-state index contributed by atoms with van der Waals surface area (Å²) in [4.78, 5) is 11.7. The van der Waals surface area contributed by atoms with Crippen LogP contribution in [-0.2, 0) is 10.4 Å². The minimum Gasteiger partial charge on any atom is -0.384 e. The lowest BCUT2D eigenvalue weighted by Crippen LogP contribution is -2.38. The maximum absolute atomic E-state index is 12.9. The van der Waals surface area contributed by atoms with Crippen LogP contribution in [0.3, 0.4) is 0 Å². The first-order valence-corrected chi connectivity index (χ1v) is 6.81. The predicted molar refractivity (Wildman–Crippen MR) is 82.3 cm³/mol. The molecule has 0 fully saturated rings. The van der Waals surface area contributed by atoms with Gasteiger partial charge < -0.3 is 10.4 Å². The molecule has 2 aromatic rings. The number of nitrogens with one attached hydrogen (secondary N) is 1. The first kappa shape index (κ1) is 15.7. The minimum atomic E-state index is -1.29. The third kappa shape index (κ3) is 4.44. The molecule has 1 atom stereocenters. The highest BCUT2D eigenvalue weighted by Gasteiger charge is 2.23. The lowest BCUT2D eigenvalue weighted by Gasteiger charge is -2.23. The molecule has 0 saturated carbocycles. The van der Waals surface area contributed by atoms with Gasteiger partial charge in [0.25, 0.3) is 5.91 Å². The molecule has 3 nitrogen and oxygen atoms in total. The topological polar surface area (TPSA) is 49.3 Å². The highest BCUT2D eigenvalue weighted by molar-refractivity contribution is 5.94. The van der Waals surface area contributed by atoms with Crippen LogP contribution < -0.4 is 5.32 Å². The van der Waals surface area contributed by atoms with Crippen molar-refractivity contribution in [3.8, 4) is 11.8 Å². The molecule has 0 aliphatic carbocycles. The van der Waals surface area contributed by atoms with Gasteiger partial charge in [-0.05, 0) is 36.8 Å². The quantitative estimate of drug-likeness (QED) is 0.853. The fourth-order valence-corrected chi connectivity index (χ4v) is 1.86. The molecule has 0 heterocycles. The molecule has 22 heavy (non-hydrogen) atoms. The molecule has 0 bridgehead atoms. The normalized spacial score (nSPS) is 12.7. The van der Waals surface area contributed by atoms with E-state index in [1.54, 1.807) is 19.1 Å². The molecule has 4 heteroatoms. The Morgan fingerprint density at radius 3 is 2.45 bits per heavy atom. The van der Waals surface area contributed by atoms with Gasteiger partial charge in [-0.25, -0.2) is 4.39 Å². The molecular weight excluding hydrogens is 281 g/mol. The molecule has 0 aromatic heterocycles. The molecule has 2 aromatic carbocycles. The molecular formula is C18H16FNO2. The number of aliphatic hydroxyl groups is 1. The van der Waals surface area contributed by atoms with E-state index in [9.17, 15) is 14.3 Å². The van der Waals surface area contributed by atoms with Crippen LogP contribution in [0.4, 0.5) is 4.39 Å². The molecule has 0 spiro atoms. The van der Waals surface area contributed by atoms with Gasteiger partial charge in [0.15, 0.2) is 0 Å². The van der Waals surface area contributed by atoms with Gasteiger partial charge in [-0.2, -0.15) is 0 Å². The summed E-state index contributed by atoms with van der Waals surface area (Å²) in [6.07, 6.45) is 0. The summed E-state index contributed by atoms with van der Waals surface area (Å²) in [6, 6.07) is 14.6. The van der Waals surface area contributed by atoms with Crippen molar-refractivity contribution in [2.45, 2.75) is 12.5 Å². The van der Waals surface area contributed by atoms with Gasteiger partial charge in [0.1, 0.15) is 11.4 Å². The predicted octanol–water partition coefficient (Wildman–Crippen LogP) is 2.20. The van der Waals surface area contributed by atoms with E-state index in [4.69, 9.17) is 0 Å². The standard InChI is InChI=1S/C18H16FNO2/c1-18(22,15-8-10-16(19)11-9-15)13-20-17(21)12-7-14-5-3-2-4-6-14/h2-6,8-11,22H,13H2,1H3,(H,20,21). The lowest BCUT2D eigenvalue weighted by molar-refractivity contribution is -0.116. The average Bonchev–Trinajstić information content (AvgIpc) is 2.52. The smallest absolute Gasteiger partial charge is 0.296 e. The Kier molecular flexibility index (Phi) is 4.92. The first-order valence-electron chi connectivity index (χ1n) is 6.81. The Morgan fingerprint density at radius 2 is 1.82 bits per heavy atom. The zero-order chi connectivity index (χ0) is 16.0. The van der Waals surface area contributed by atoms with Crippen LogP contribution in [0, 0.1) is 17.7 Å². The Balaban J connectivity index is 1.95. The number of amides is 1. The number of benzene rings is 2. The van der Waals surface area contributed by atoms with Crippen molar-refractivity contribution in [1.82, 2.24) is 5.32 Å². The van der Waals surface area contributed by atoms with Crippen molar-refractivity contribution < 1.29 is 14.3 Å². The van der Waals surface area contributed by atoms with Crippen molar-refractivity contribution in [1.29, 1.82) is 0 Å². The SMILES string of the molecule is CC(O)(CNC(=O)C#Cc1ccccc1)c1ccc(F)cc1. The highest BCUT2D eigenvalue weighted by atomic mass is 19.1. The van der Waals surface area contributed by atoms with Crippen LogP contribution in [0.25, 0.3) is 0 Å². The van der Waals surface area contributed by atoms with Crippen LogP contribution in [-0.4, -0.2) is 17.6 Å². The van der Waals surface area contributed by atoms with Gasteiger partial charge in [0, 0.05) is 11.5 Å². The van der Waals surface area contributed by atoms with Crippen molar-refractivity contribution in [3.63, 3.8) is 0 Å². The van der Waals surface area contributed by atoms with E-state index in [-0.39, 0.29) is 12.4 Å². The van der Waals surface area contributed by atoms with Crippen molar-refractivity contribution >= 4 is 5.91 Å². The Labute approximate surface area is 128 Å². The van der Waals surface area contributed by atoms with Gasteiger partial charge in [-0.3, -0.25) is 4.79 Å².